The van der Waals surface area contributed by atoms with E-state index in [1.165, 1.54) is 11.3 Å². The van der Waals surface area contributed by atoms with Crippen LogP contribution >= 0.6 is 11.3 Å². The standard InChI is InChI=1S/C16H18N2O3S/c1-3-13-18-10(2)14(22-13)15(19)17-8-7-11-5-4-6-12(9-11)16(20)21/h4-6,9H,3,7-8H2,1-2H3,(H,17,19)(H,20,21). The summed E-state index contributed by atoms with van der Waals surface area (Å²) in [5.74, 6) is -1.07. The summed E-state index contributed by atoms with van der Waals surface area (Å²) in [7, 11) is 0. The summed E-state index contributed by atoms with van der Waals surface area (Å²) >= 11 is 1.42. The smallest absolute Gasteiger partial charge is 0.335 e. The molecule has 6 heteroatoms. The average Bonchev–Trinajstić information content (AvgIpc) is 2.88. The number of benzene rings is 1. The van der Waals surface area contributed by atoms with Crippen LogP contribution in [-0.4, -0.2) is 28.5 Å². The third-order valence-corrected chi connectivity index (χ3v) is 4.52. The predicted molar refractivity (Wildman–Crippen MR) is 85.7 cm³/mol. The molecule has 0 aliphatic heterocycles. The van der Waals surface area contributed by atoms with E-state index in [-0.39, 0.29) is 11.5 Å². The van der Waals surface area contributed by atoms with Gasteiger partial charge in [0.25, 0.3) is 5.91 Å². The second kappa shape index (κ2) is 7.17. The van der Waals surface area contributed by atoms with Gasteiger partial charge >= 0.3 is 5.97 Å². The van der Waals surface area contributed by atoms with Gasteiger partial charge in [-0.25, -0.2) is 9.78 Å². The zero-order valence-corrected chi connectivity index (χ0v) is 13.4. The lowest BCUT2D eigenvalue weighted by Gasteiger charge is -2.05. The number of aromatic carboxylic acids is 1. The van der Waals surface area contributed by atoms with Crippen molar-refractivity contribution in [1.82, 2.24) is 10.3 Å². The molecule has 1 heterocycles. The number of nitrogens with one attached hydrogen (secondary N) is 1. The summed E-state index contributed by atoms with van der Waals surface area (Å²) in [4.78, 5) is 28.0. The van der Waals surface area contributed by atoms with Crippen LogP contribution in [0.4, 0.5) is 0 Å². The number of carboxylic acids is 1. The van der Waals surface area contributed by atoms with Crippen molar-refractivity contribution in [2.45, 2.75) is 26.7 Å². The fraction of sp³-hybridized carbons (Fsp3) is 0.312. The first-order valence-corrected chi connectivity index (χ1v) is 7.89. The Morgan fingerprint density at radius 1 is 1.36 bits per heavy atom. The summed E-state index contributed by atoms with van der Waals surface area (Å²) < 4.78 is 0. The molecule has 0 unspecified atom stereocenters. The van der Waals surface area contributed by atoms with Crippen LogP contribution in [0.15, 0.2) is 24.3 Å². The highest BCUT2D eigenvalue weighted by Crippen LogP contribution is 2.18. The summed E-state index contributed by atoms with van der Waals surface area (Å²) in [5.41, 5.74) is 1.90. The number of aromatic nitrogens is 1. The van der Waals surface area contributed by atoms with E-state index in [1.807, 2.05) is 19.9 Å². The van der Waals surface area contributed by atoms with Crippen LogP contribution in [0.25, 0.3) is 0 Å². The predicted octanol–water partition coefficient (Wildman–Crippen LogP) is 2.68. The monoisotopic (exact) mass is 318 g/mol. The molecular formula is C16H18N2O3S. The molecule has 2 N–H and O–H groups in total. The molecule has 2 aromatic rings. The number of nitrogens with zero attached hydrogens (tertiary/aromatic N) is 1. The molecule has 0 bridgehead atoms. The minimum Gasteiger partial charge on any atom is -0.478 e. The van der Waals surface area contributed by atoms with Gasteiger partial charge in [-0.15, -0.1) is 11.3 Å². The quantitative estimate of drug-likeness (QED) is 0.858. The summed E-state index contributed by atoms with van der Waals surface area (Å²) in [6, 6.07) is 6.74. The topological polar surface area (TPSA) is 79.3 Å². The maximum Gasteiger partial charge on any atom is 0.335 e. The van der Waals surface area contributed by atoms with Crippen LogP contribution in [0.1, 0.15) is 43.2 Å². The average molecular weight is 318 g/mol. The summed E-state index contributed by atoms with van der Waals surface area (Å²) in [5, 5.41) is 12.8. The van der Waals surface area contributed by atoms with Crippen molar-refractivity contribution in [2.24, 2.45) is 0 Å². The van der Waals surface area contributed by atoms with Gasteiger partial charge in [-0.1, -0.05) is 19.1 Å². The molecule has 0 atom stereocenters. The van der Waals surface area contributed by atoms with E-state index in [0.29, 0.717) is 17.8 Å². The van der Waals surface area contributed by atoms with E-state index in [2.05, 4.69) is 10.3 Å². The number of hydrogen-bond donors (Lipinski definition) is 2. The Labute approximate surface area is 133 Å². The molecule has 22 heavy (non-hydrogen) atoms. The first-order chi connectivity index (χ1) is 10.5. The van der Waals surface area contributed by atoms with Crippen molar-refractivity contribution in [2.75, 3.05) is 6.54 Å². The summed E-state index contributed by atoms with van der Waals surface area (Å²) in [6.45, 7) is 4.30. The van der Waals surface area contributed by atoms with Gasteiger partial charge in [0.2, 0.25) is 0 Å². The van der Waals surface area contributed by atoms with E-state index in [4.69, 9.17) is 5.11 Å². The minimum atomic E-state index is -0.946. The van der Waals surface area contributed by atoms with Crippen molar-refractivity contribution >= 4 is 23.2 Å². The van der Waals surface area contributed by atoms with Crippen LogP contribution < -0.4 is 5.32 Å². The fourth-order valence-corrected chi connectivity index (χ4v) is 3.00. The lowest BCUT2D eigenvalue weighted by Crippen LogP contribution is -2.25. The molecule has 0 aliphatic rings. The number of rotatable bonds is 6. The zero-order chi connectivity index (χ0) is 16.1. The molecule has 1 aromatic carbocycles. The number of aryl methyl sites for hydroxylation is 2. The summed E-state index contributed by atoms with van der Waals surface area (Å²) in [6.07, 6.45) is 1.41. The van der Waals surface area contributed by atoms with Gasteiger partial charge in [-0.05, 0) is 37.5 Å². The highest BCUT2D eigenvalue weighted by molar-refractivity contribution is 7.13. The highest BCUT2D eigenvalue weighted by Gasteiger charge is 2.14. The van der Waals surface area contributed by atoms with Crippen molar-refractivity contribution in [3.8, 4) is 0 Å². The molecule has 116 valence electrons. The van der Waals surface area contributed by atoms with Crippen molar-refractivity contribution in [3.05, 3.63) is 51.0 Å². The van der Waals surface area contributed by atoms with Crippen LogP contribution in [0.2, 0.25) is 0 Å². The molecule has 1 amide bonds. The molecule has 0 spiro atoms. The molecule has 0 saturated carbocycles. The number of carbonyl (C=O) groups excluding carboxylic acids is 1. The number of carboxylic acid groups (broad SMARTS) is 1. The Hall–Kier alpha value is -2.21. The first-order valence-electron chi connectivity index (χ1n) is 7.08. The van der Waals surface area contributed by atoms with Crippen molar-refractivity contribution in [1.29, 1.82) is 0 Å². The van der Waals surface area contributed by atoms with Gasteiger partial charge in [0.1, 0.15) is 4.88 Å². The van der Waals surface area contributed by atoms with Gasteiger partial charge in [0, 0.05) is 6.54 Å². The van der Waals surface area contributed by atoms with Gasteiger partial charge in [0.15, 0.2) is 0 Å². The van der Waals surface area contributed by atoms with Gasteiger partial charge in [-0.3, -0.25) is 4.79 Å². The molecule has 5 nitrogen and oxygen atoms in total. The lowest BCUT2D eigenvalue weighted by molar-refractivity contribution is 0.0696. The van der Waals surface area contributed by atoms with Crippen LogP contribution in [0.3, 0.4) is 0 Å². The Morgan fingerprint density at radius 2 is 2.14 bits per heavy atom. The molecule has 1 aromatic heterocycles. The second-order valence-corrected chi connectivity index (χ2v) is 5.97. The van der Waals surface area contributed by atoms with Crippen molar-refractivity contribution < 1.29 is 14.7 Å². The van der Waals surface area contributed by atoms with Gasteiger partial charge < -0.3 is 10.4 Å². The van der Waals surface area contributed by atoms with Gasteiger partial charge in [-0.2, -0.15) is 0 Å². The van der Waals surface area contributed by atoms with Crippen LogP contribution in [0.5, 0.6) is 0 Å². The van der Waals surface area contributed by atoms with Crippen LogP contribution in [0, 0.1) is 6.92 Å². The molecule has 0 aliphatic carbocycles. The molecule has 2 rings (SSSR count). The number of hydrogen-bond acceptors (Lipinski definition) is 4. The number of thiazole rings is 1. The van der Waals surface area contributed by atoms with Crippen molar-refractivity contribution in [3.63, 3.8) is 0 Å². The lowest BCUT2D eigenvalue weighted by atomic mass is 10.1. The number of carbonyl (C=O) groups is 2. The Kier molecular flexibility index (Phi) is 5.27. The molecular weight excluding hydrogens is 300 g/mol. The molecule has 0 saturated heterocycles. The van der Waals surface area contributed by atoms with Crippen LogP contribution in [-0.2, 0) is 12.8 Å². The van der Waals surface area contributed by atoms with Gasteiger partial charge in [0.05, 0.1) is 16.3 Å². The molecule has 0 fully saturated rings. The maximum absolute atomic E-state index is 12.1. The first kappa shape index (κ1) is 16.2. The third kappa shape index (κ3) is 3.92. The van der Waals surface area contributed by atoms with E-state index < -0.39 is 5.97 Å². The molecule has 0 radical (unpaired) electrons. The largest absolute Gasteiger partial charge is 0.478 e. The van der Waals surface area contributed by atoms with E-state index in [0.717, 1.165) is 22.7 Å². The number of amides is 1. The Bertz CT molecular complexity index is 694. The van der Waals surface area contributed by atoms with E-state index in [1.54, 1.807) is 18.2 Å². The third-order valence-electron chi connectivity index (χ3n) is 3.22. The SMILES string of the molecule is CCc1nc(C)c(C(=O)NCCc2cccc(C(=O)O)c2)s1. The Balaban J connectivity index is 1.93. The van der Waals surface area contributed by atoms with E-state index >= 15 is 0 Å². The highest BCUT2D eigenvalue weighted by atomic mass is 32.1. The maximum atomic E-state index is 12.1. The Morgan fingerprint density at radius 3 is 2.77 bits per heavy atom. The fourth-order valence-electron chi connectivity index (χ4n) is 2.07. The van der Waals surface area contributed by atoms with E-state index in [9.17, 15) is 9.59 Å². The normalized spacial score (nSPS) is 10.5. The minimum absolute atomic E-state index is 0.121. The zero-order valence-electron chi connectivity index (χ0n) is 12.5. The second-order valence-electron chi connectivity index (χ2n) is 4.89.